The third-order valence-corrected chi connectivity index (χ3v) is 33.4. The monoisotopic (exact) mass is 1690 g/mol. The van der Waals surface area contributed by atoms with Crippen LogP contribution in [0.5, 0.6) is 0 Å². The minimum Gasteiger partial charge on any atom is -0.550 e. The summed E-state index contributed by atoms with van der Waals surface area (Å²) in [6, 6.07) is 1.78. The zero-order valence-electron chi connectivity index (χ0n) is 83.1. The van der Waals surface area contributed by atoms with E-state index in [9.17, 15) is 9.90 Å². The van der Waals surface area contributed by atoms with Crippen LogP contribution in [0.25, 0.3) is 0 Å². The maximum Gasteiger partial charge on any atom is 0.127 e. The quantitative estimate of drug-likeness (QED) is 0.0431. The molecule has 6 rings (SSSR count). The molecule has 0 aromatic carbocycles. The molecule has 0 spiro atoms. The summed E-state index contributed by atoms with van der Waals surface area (Å²) in [6.07, 6.45) is 88.1. The normalized spacial score (nSPS) is 24.8. The summed E-state index contributed by atoms with van der Waals surface area (Å²) in [5, 5.41) is 30.4. The number of rotatable bonds is 78. The lowest BCUT2D eigenvalue weighted by Gasteiger charge is -2.53. The minimum absolute atomic E-state index is 0.0225. The molecule has 4 aliphatic carbocycles. The van der Waals surface area contributed by atoms with E-state index in [0.717, 1.165) is 168 Å². The number of carbonyl (C=O) groups is 2. The first-order valence-corrected chi connectivity index (χ1v) is 55.8. The highest BCUT2D eigenvalue weighted by atomic mass is 16.5. The van der Waals surface area contributed by atoms with E-state index in [0.29, 0.717) is 37.0 Å². The number of carboxylic acid groups (broad SMARTS) is 2. The number of fused-ring (bicyclic) bond motifs is 4. The molecule has 2 aliphatic heterocycles. The summed E-state index contributed by atoms with van der Waals surface area (Å²) in [7, 11) is 0. The molecule has 121 heavy (non-hydrogen) atoms. The van der Waals surface area contributed by atoms with Gasteiger partial charge in [-0.05, 0) is 162 Å². The molecule has 2 saturated heterocycles. The molecule has 18 unspecified atom stereocenters. The van der Waals surface area contributed by atoms with E-state index in [1.807, 2.05) is 0 Å². The van der Waals surface area contributed by atoms with E-state index >= 15 is 9.90 Å². The van der Waals surface area contributed by atoms with Gasteiger partial charge in [-0.3, -0.25) is 0 Å². The van der Waals surface area contributed by atoms with Crippen molar-refractivity contribution in [1.82, 2.24) is 19.6 Å². The molecule has 6 aliphatic rings. The zero-order valence-corrected chi connectivity index (χ0v) is 83.1. The minimum atomic E-state index is -0.920. The Morgan fingerprint density at radius 2 is 0.463 bits per heavy atom. The number of unbranched alkanes of at least 4 members (excludes halogenated alkanes) is 50. The fraction of sp³-hybridized carbons (Fsp3) is 0.964. The SMILES string of the molecule is CCCCCCCCCCCCCCCCCCCCCCCCCCCCC(CC(C(=O)[O-])C([C+]1C2CCC(N(CC)CC)CC2OC2CC(N(CC)CC)CCC12)C(CC)CCCCCCCCCCCCCCCCCCCCCCCCCCCC)C([C+]1C2CCC(N(CC)CC)CC2OC2CC(N(CC)CC)CCC12)C(CC)C(=O)[O-]. The van der Waals surface area contributed by atoms with Gasteiger partial charge in [0.25, 0.3) is 0 Å². The Balaban J connectivity index is 1.20. The summed E-state index contributed by atoms with van der Waals surface area (Å²) in [5.41, 5.74) is 0. The third kappa shape index (κ3) is 39.2. The van der Waals surface area contributed by atoms with Gasteiger partial charge in [0.05, 0.1) is 0 Å². The molecule has 708 valence electrons. The van der Waals surface area contributed by atoms with Gasteiger partial charge in [-0.1, -0.05) is 417 Å². The molecular weight excluding hydrogens is 1490 g/mol. The maximum atomic E-state index is 15.7. The van der Waals surface area contributed by atoms with Gasteiger partial charge in [0.15, 0.2) is 0 Å². The number of hydrogen-bond acceptors (Lipinski definition) is 10. The van der Waals surface area contributed by atoms with Crippen molar-refractivity contribution in [3.05, 3.63) is 11.8 Å². The number of nitrogens with zero attached hydrogens (tertiary/aromatic N) is 4. The number of carboxylic acids is 2. The van der Waals surface area contributed by atoms with Crippen molar-refractivity contribution in [3.8, 4) is 0 Å². The molecule has 0 amide bonds. The van der Waals surface area contributed by atoms with Gasteiger partial charge in [0, 0.05) is 59.8 Å². The van der Waals surface area contributed by atoms with Crippen LogP contribution in [-0.2, 0) is 19.1 Å². The molecule has 2 heterocycles. The lowest BCUT2D eigenvalue weighted by molar-refractivity contribution is -0.315. The van der Waals surface area contributed by atoms with Gasteiger partial charge in [-0.25, -0.2) is 0 Å². The second-order valence-corrected chi connectivity index (χ2v) is 41.3. The molecule has 6 fully saturated rings. The van der Waals surface area contributed by atoms with Crippen LogP contribution >= 0.6 is 0 Å². The van der Waals surface area contributed by atoms with E-state index in [4.69, 9.17) is 9.47 Å². The first-order chi connectivity index (χ1) is 59.3. The molecular formula is C111H208N4O6. The number of carbonyl (C=O) groups excluding carboxylic acids is 2. The van der Waals surface area contributed by atoms with Crippen molar-refractivity contribution in [2.75, 3.05) is 52.4 Å². The van der Waals surface area contributed by atoms with Crippen LogP contribution in [0.4, 0.5) is 0 Å². The topological polar surface area (TPSA) is 112 Å². The fourth-order valence-electron chi connectivity index (χ4n) is 26.3. The van der Waals surface area contributed by atoms with Gasteiger partial charge in [-0.2, -0.15) is 0 Å². The van der Waals surface area contributed by atoms with Crippen molar-refractivity contribution >= 4 is 11.9 Å². The fourth-order valence-corrected chi connectivity index (χ4v) is 26.3. The number of ether oxygens (including phenoxy) is 2. The van der Waals surface area contributed by atoms with Crippen molar-refractivity contribution in [3.63, 3.8) is 0 Å². The Bertz CT molecular complexity index is 2360. The second kappa shape index (κ2) is 67.6. The van der Waals surface area contributed by atoms with Crippen LogP contribution in [0.15, 0.2) is 0 Å². The van der Waals surface area contributed by atoms with Gasteiger partial charge < -0.3 is 48.9 Å². The highest BCUT2D eigenvalue weighted by Gasteiger charge is 2.66. The smallest absolute Gasteiger partial charge is 0.127 e. The van der Waals surface area contributed by atoms with E-state index in [1.165, 1.54) is 321 Å². The summed E-state index contributed by atoms with van der Waals surface area (Å²) < 4.78 is 15.5. The van der Waals surface area contributed by atoms with E-state index in [1.54, 1.807) is 5.92 Å². The Labute approximate surface area is 754 Å². The van der Waals surface area contributed by atoms with Crippen LogP contribution in [-0.4, -0.2) is 132 Å². The van der Waals surface area contributed by atoms with Gasteiger partial charge in [0.1, 0.15) is 71.8 Å². The Morgan fingerprint density at radius 1 is 0.264 bits per heavy atom. The van der Waals surface area contributed by atoms with Crippen LogP contribution in [0.3, 0.4) is 0 Å². The maximum absolute atomic E-state index is 15.7. The Morgan fingerprint density at radius 3 is 0.653 bits per heavy atom. The first-order valence-electron chi connectivity index (χ1n) is 55.8. The Kier molecular flexibility index (Phi) is 60.5. The predicted molar refractivity (Wildman–Crippen MR) is 517 cm³/mol. The van der Waals surface area contributed by atoms with Gasteiger partial charge in [0.2, 0.25) is 0 Å². The zero-order chi connectivity index (χ0) is 86.9. The van der Waals surface area contributed by atoms with E-state index < -0.39 is 23.8 Å². The largest absolute Gasteiger partial charge is 0.550 e. The summed E-state index contributed by atoms with van der Waals surface area (Å²) >= 11 is 0. The van der Waals surface area contributed by atoms with Crippen molar-refractivity contribution < 1.29 is 29.3 Å². The second-order valence-electron chi connectivity index (χ2n) is 41.3. The highest BCUT2D eigenvalue weighted by Crippen LogP contribution is 2.61. The van der Waals surface area contributed by atoms with E-state index in [2.05, 4.69) is 103 Å². The molecule has 10 nitrogen and oxygen atoms in total. The number of hydrogen-bond donors (Lipinski definition) is 0. The van der Waals surface area contributed by atoms with Crippen LogP contribution in [0.1, 0.15) is 526 Å². The summed E-state index contributed by atoms with van der Waals surface area (Å²) in [4.78, 5) is 41.1. The summed E-state index contributed by atoms with van der Waals surface area (Å²) in [5.74, 6) is 0.241. The van der Waals surface area contributed by atoms with Crippen molar-refractivity contribution in [2.24, 2.45) is 59.2 Å². The molecule has 0 radical (unpaired) electrons. The highest BCUT2D eigenvalue weighted by molar-refractivity contribution is 5.70. The Hall–Kier alpha value is -1.56. The summed E-state index contributed by atoms with van der Waals surface area (Å²) in [6.45, 7) is 36.0. The van der Waals surface area contributed by atoms with Crippen LogP contribution < -0.4 is 10.2 Å². The van der Waals surface area contributed by atoms with E-state index in [-0.39, 0.29) is 71.8 Å². The number of aliphatic carboxylic acids is 2. The van der Waals surface area contributed by atoms with Gasteiger partial charge in [-0.15, -0.1) is 0 Å². The molecule has 18 atom stereocenters. The molecule has 0 aromatic rings. The molecule has 0 aromatic heterocycles. The van der Waals surface area contributed by atoms with Crippen molar-refractivity contribution in [1.29, 1.82) is 0 Å². The van der Waals surface area contributed by atoms with Crippen LogP contribution in [0, 0.1) is 71.0 Å². The molecule has 0 bridgehead atoms. The lowest BCUT2D eigenvalue weighted by Crippen LogP contribution is -2.60. The average Bonchev–Trinajstić information content (AvgIpc) is 0.742. The first kappa shape index (κ1) is 108. The van der Waals surface area contributed by atoms with Crippen LogP contribution in [0.2, 0.25) is 0 Å². The third-order valence-electron chi connectivity index (χ3n) is 33.4. The average molecular weight is 1690 g/mol. The molecule has 4 saturated carbocycles. The standard InChI is InChI=1S/C111H208N4O6/c1-13-25-27-29-31-33-35-37-39-41-43-45-47-49-51-53-55-57-59-61-63-65-67-69-71-73-75-90(15-3)106(108-97-81-77-92(112(17-5)18-6)86-102(97)120-103-87-93(78-82-98(103)108)113(19-7)20-8)101(111(118)119)85-91(76-74-72-70-68-66-64-62-60-58-56-54-52-50-48-46-44-42-40-38-36-34-32-30-28-26-14-2)107(96(16-4)110(116)117)109-99-83-79-94(114(21-9)22-10)88-104(99)121-105-89-95(80-84-100(105)109)115(23-11)24-12/h90-107H,13-89H2,1-12H3. The van der Waals surface area contributed by atoms with Crippen molar-refractivity contribution in [2.45, 2.75) is 575 Å². The lowest BCUT2D eigenvalue weighted by atomic mass is 9.52. The van der Waals surface area contributed by atoms with Gasteiger partial charge >= 0.3 is 0 Å². The molecule has 10 heteroatoms. The predicted octanol–water partition coefficient (Wildman–Crippen LogP) is 29.2. The molecule has 0 N–H and O–H groups in total.